The van der Waals surface area contributed by atoms with Crippen molar-refractivity contribution in [3.8, 4) is 0 Å². The molecule has 1 aliphatic rings. The van der Waals surface area contributed by atoms with Crippen LogP contribution in [0.2, 0.25) is 0 Å². The minimum absolute atomic E-state index is 0.143. The van der Waals surface area contributed by atoms with Gasteiger partial charge in [-0.25, -0.2) is 9.97 Å². The van der Waals surface area contributed by atoms with Crippen LogP contribution < -0.4 is 0 Å². The van der Waals surface area contributed by atoms with Crippen LogP contribution in [0, 0.1) is 6.92 Å². The topological polar surface area (TPSA) is 60.5 Å². The first kappa shape index (κ1) is 14.3. The average Bonchev–Trinajstić information content (AvgIpc) is 3.18. The zero-order valence-corrected chi connectivity index (χ0v) is 13.2. The maximum Gasteiger partial charge on any atom is 0.139 e. The van der Waals surface area contributed by atoms with E-state index in [0.29, 0.717) is 0 Å². The number of fused-ring (bicyclic) bond motifs is 1. The molecule has 0 N–H and O–H groups in total. The van der Waals surface area contributed by atoms with E-state index in [-0.39, 0.29) is 6.10 Å². The molecular weight excluding hydrogens is 292 g/mol. The second-order valence-corrected chi connectivity index (χ2v) is 6.00. The van der Waals surface area contributed by atoms with Gasteiger partial charge in [-0.15, -0.1) is 0 Å². The standard InChI is InChI=1S/C16H20N6O/c1-13-3-2-4-21-8-14(19-16(13)21)7-20-5-6-23-15(9-20)10-22-12-17-11-18-22/h2-4,8,11-12,15H,5-7,9-10H2,1H3/t15-/m1/s1. The molecule has 0 bridgehead atoms. The SMILES string of the molecule is Cc1cccn2cc(CN3CCO[C@@H](Cn4cncn4)C3)nc12. The van der Waals surface area contributed by atoms with Crippen molar-refractivity contribution in [3.05, 3.63) is 48.4 Å². The van der Waals surface area contributed by atoms with Gasteiger partial charge >= 0.3 is 0 Å². The van der Waals surface area contributed by atoms with Gasteiger partial charge in [-0.05, 0) is 18.6 Å². The van der Waals surface area contributed by atoms with Gasteiger partial charge in [-0.3, -0.25) is 9.58 Å². The van der Waals surface area contributed by atoms with Gasteiger partial charge in [-0.2, -0.15) is 5.10 Å². The summed E-state index contributed by atoms with van der Waals surface area (Å²) < 4.78 is 9.76. The van der Waals surface area contributed by atoms with Gasteiger partial charge in [-0.1, -0.05) is 6.07 Å². The molecule has 3 aromatic heterocycles. The van der Waals surface area contributed by atoms with Gasteiger partial charge in [0.2, 0.25) is 0 Å². The van der Waals surface area contributed by atoms with Crippen LogP contribution in [0.5, 0.6) is 0 Å². The van der Waals surface area contributed by atoms with Crippen LogP contribution in [0.3, 0.4) is 0 Å². The Hall–Kier alpha value is -2.25. The summed E-state index contributed by atoms with van der Waals surface area (Å²) in [6.07, 6.45) is 7.59. The number of aryl methyl sites for hydroxylation is 1. The van der Waals surface area contributed by atoms with E-state index in [9.17, 15) is 0 Å². The van der Waals surface area contributed by atoms with Crippen molar-refractivity contribution in [3.63, 3.8) is 0 Å². The van der Waals surface area contributed by atoms with Gasteiger partial charge in [0.1, 0.15) is 18.3 Å². The smallest absolute Gasteiger partial charge is 0.139 e. The molecule has 0 unspecified atom stereocenters. The first-order valence-corrected chi connectivity index (χ1v) is 7.87. The third kappa shape index (κ3) is 3.11. The first-order chi connectivity index (χ1) is 11.3. The second-order valence-electron chi connectivity index (χ2n) is 6.00. The normalized spacial score (nSPS) is 19.4. The molecule has 1 fully saturated rings. The van der Waals surface area contributed by atoms with Gasteiger partial charge in [0.05, 0.1) is 24.9 Å². The summed E-state index contributed by atoms with van der Waals surface area (Å²) in [5.74, 6) is 0. The highest BCUT2D eigenvalue weighted by molar-refractivity contribution is 5.47. The highest BCUT2D eigenvalue weighted by Gasteiger charge is 2.22. The number of pyridine rings is 1. The largest absolute Gasteiger partial charge is 0.374 e. The van der Waals surface area contributed by atoms with Crippen LogP contribution in [-0.2, 0) is 17.8 Å². The Morgan fingerprint density at radius 1 is 1.39 bits per heavy atom. The van der Waals surface area contributed by atoms with Gasteiger partial charge in [0.25, 0.3) is 0 Å². The predicted octanol–water partition coefficient (Wildman–Crippen LogP) is 1.14. The minimum Gasteiger partial charge on any atom is -0.374 e. The molecule has 4 rings (SSSR count). The summed E-state index contributed by atoms with van der Waals surface area (Å²) in [5, 5.41) is 4.15. The van der Waals surface area contributed by atoms with Crippen molar-refractivity contribution in [2.45, 2.75) is 26.1 Å². The molecule has 7 heteroatoms. The molecule has 4 heterocycles. The van der Waals surface area contributed by atoms with E-state index in [0.717, 1.165) is 44.1 Å². The number of imidazole rings is 1. The van der Waals surface area contributed by atoms with E-state index in [1.807, 2.05) is 10.9 Å². The molecule has 0 saturated carbocycles. The van der Waals surface area contributed by atoms with E-state index >= 15 is 0 Å². The molecule has 0 spiro atoms. The molecule has 0 aromatic carbocycles. The van der Waals surface area contributed by atoms with Crippen LogP contribution in [0.1, 0.15) is 11.3 Å². The lowest BCUT2D eigenvalue weighted by atomic mass is 10.2. The lowest BCUT2D eigenvalue weighted by Crippen LogP contribution is -2.43. The predicted molar refractivity (Wildman–Crippen MR) is 85.0 cm³/mol. The number of aromatic nitrogens is 5. The Morgan fingerprint density at radius 3 is 3.17 bits per heavy atom. The lowest BCUT2D eigenvalue weighted by Gasteiger charge is -2.32. The van der Waals surface area contributed by atoms with Crippen molar-refractivity contribution in [1.82, 2.24) is 29.0 Å². The minimum atomic E-state index is 0.143. The number of nitrogens with zero attached hydrogens (tertiary/aromatic N) is 6. The summed E-state index contributed by atoms with van der Waals surface area (Å²) in [5.41, 5.74) is 3.33. The van der Waals surface area contributed by atoms with Crippen molar-refractivity contribution in [2.24, 2.45) is 0 Å². The highest BCUT2D eigenvalue weighted by Crippen LogP contribution is 2.14. The fourth-order valence-electron chi connectivity index (χ4n) is 3.08. The Morgan fingerprint density at radius 2 is 2.35 bits per heavy atom. The summed E-state index contributed by atoms with van der Waals surface area (Å²) in [7, 11) is 0. The molecule has 1 saturated heterocycles. The molecule has 0 aliphatic carbocycles. The van der Waals surface area contributed by atoms with Crippen LogP contribution in [-0.4, -0.2) is 54.8 Å². The number of hydrogen-bond donors (Lipinski definition) is 0. The first-order valence-electron chi connectivity index (χ1n) is 7.87. The van der Waals surface area contributed by atoms with E-state index in [2.05, 4.69) is 44.6 Å². The van der Waals surface area contributed by atoms with E-state index in [1.54, 1.807) is 12.7 Å². The molecule has 3 aromatic rings. The summed E-state index contributed by atoms with van der Waals surface area (Å²) >= 11 is 0. The number of morpholine rings is 1. The summed E-state index contributed by atoms with van der Waals surface area (Å²) in [6.45, 7) is 6.23. The van der Waals surface area contributed by atoms with E-state index in [1.165, 1.54) is 5.56 Å². The maximum absolute atomic E-state index is 5.84. The highest BCUT2D eigenvalue weighted by atomic mass is 16.5. The summed E-state index contributed by atoms with van der Waals surface area (Å²) in [4.78, 5) is 11.1. The lowest BCUT2D eigenvalue weighted by molar-refractivity contribution is -0.0405. The molecule has 0 radical (unpaired) electrons. The monoisotopic (exact) mass is 312 g/mol. The van der Waals surface area contributed by atoms with Gasteiger partial charge < -0.3 is 9.14 Å². The van der Waals surface area contributed by atoms with Crippen molar-refractivity contribution in [2.75, 3.05) is 19.7 Å². The molecule has 0 amide bonds. The van der Waals surface area contributed by atoms with Crippen LogP contribution in [0.15, 0.2) is 37.2 Å². The Bertz CT molecular complexity index is 781. The van der Waals surface area contributed by atoms with Crippen LogP contribution in [0.25, 0.3) is 5.65 Å². The van der Waals surface area contributed by atoms with Crippen molar-refractivity contribution >= 4 is 5.65 Å². The number of hydrogen-bond acceptors (Lipinski definition) is 5. The molecular formula is C16H20N6O. The fourth-order valence-corrected chi connectivity index (χ4v) is 3.08. The van der Waals surface area contributed by atoms with Crippen LogP contribution >= 0.6 is 0 Å². The van der Waals surface area contributed by atoms with Gasteiger partial charge in [0.15, 0.2) is 0 Å². The fraction of sp³-hybridized carbons (Fsp3) is 0.438. The quantitative estimate of drug-likeness (QED) is 0.723. The molecule has 1 aliphatic heterocycles. The van der Waals surface area contributed by atoms with E-state index in [4.69, 9.17) is 9.72 Å². The Labute approximate surface area is 134 Å². The number of rotatable bonds is 4. The molecule has 120 valence electrons. The van der Waals surface area contributed by atoms with E-state index < -0.39 is 0 Å². The van der Waals surface area contributed by atoms with Crippen LogP contribution in [0.4, 0.5) is 0 Å². The second kappa shape index (κ2) is 6.10. The Kier molecular flexibility index (Phi) is 3.80. The molecule has 7 nitrogen and oxygen atoms in total. The zero-order valence-electron chi connectivity index (χ0n) is 13.2. The van der Waals surface area contributed by atoms with Crippen molar-refractivity contribution < 1.29 is 4.74 Å². The molecule has 1 atom stereocenters. The zero-order chi connectivity index (χ0) is 15.6. The molecule has 23 heavy (non-hydrogen) atoms. The summed E-state index contributed by atoms with van der Waals surface area (Å²) in [6, 6.07) is 4.14. The Balaban J connectivity index is 1.44. The third-order valence-corrected chi connectivity index (χ3v) is 4.19. The van der Waals surface area contributed by atoms with Gasteiger partial charge in [0, 0.05) is 32.0 Å². The average molecular weight is 312 g/mol. The maximum atomic E-state index is 5.84. The van der Waals surface area contributed by atoms with Crippen molar-refractivity contribution in [1.29, 1.82) is 0 Å². The number of ether oxygens (including phenoxy) is 1. The third-order valence-electron chi connectivity index (χ3n) is 4.19.